The topological polar surface area (TPSA) is 52.7 Å². The second-order valence-electron chi connectivity index (χ2n) is 9.51. The quantitative estimate of drug-likeness (QED) is 0.425. The summed E-state index contributed by atoms with van der Waals surface area (Å²) >= 11 is 0. The van der Waals surface area contributed by atoms with Crippen molar-refractivity contribution in [2.24, 2.45) is 0 Å². The molecule has 4 rings (SSSR count). The highest BCUT2D eigenvalue weighted by Crippen LogP contribution is 2.32. The fourth-order valence-electron chi connectivity index (χ4n) is 4.74. The monoisotopic (exact) mass is 469 g/mol. The molecule has 1 aliphatic heterocycles. The summed E-state index contributed by atoms with van der Waals surface area (Å²) in [5.74, 6) is -0.301. The molecule has 5 heteroatoms. The summed E-state index contributed by atoms with van der Waals surface area (Å²) in [7, 11) is 0. The number of nitrogens with zero attached hydrogens (tertiary/aromatic N) is 2. The van der Waals surface area contributed by atoms with Crippen molar-refractivity contribution < 1.29 is 9.59 Å². The standard InChI is InChI=1S/C30H35N3O2/c1-5-26(25-10-7-6-8-11-25)29(34)31-27-18-21(2)12-15-28(27)33-17-9-16-32(30(33)35)20-24-14-13-22(3)23(4)19-24/h6-8,10-15,18-19,26H,5,9,16-17,20H2,1-4H3,(H,31,34). The molecule has 0 bridgehead atoms. The maximum atomic E-state index is 13.6. The Morgan fingerprint density at radius 1 is 0.943 bits per heavy atom. The fourth-order valence-corrected chi connectivity index (χ4v) is 4.74. The molecule has 1 fully saturated rings. The Morgan fingerprint density at radius 3 is 2.43 bits per heavy atom. The lowest BCUT2D eigenvalue weighted by Gasteiger charge is -2.36. The smallest absolute Gasteiger partial charge is 0.324 e. The number of nitrogens with one attached hydrogen (secondary N) is 1. The predicted octanol–water partition coefficient (Wildman–Crippen LogP) is 6.58. The summed E-state index contributed by atoms with van der Waals surface area (Å²) in [6.07, 6.45) is 1.57. The molecular weight excluding hydrogens is 434 g/mol. The fraction of sp³-hybridized carbons (Fsp3) is 0.333. The Balaban J connectivity index is 1.57. The van der Waals surface area contributed by atoms with Crippen molar-refractivity contribution in [1.29, 1.82) is 0 Å². The van der Waals surface area contributed by atoms with Crippen LogP contribution in [0, 0.1) is 20.8 Å². The lowest BCUT2D eigenvalue weighted by molar-refractivity contribution is -0.117. The number of hydrogen-bond acceptors (Lipinski definition) is 2. The van der Waals surface area contributed by atoms with Crippen LogP contribution in [0.3, 0.4) is 0 Å². The summed E-state index contributed by atoms with van der Waals surface area (Å²) in [6, 6.07) is 22.1. The first kappa shape index (κ1) is 24.5. The van der Waals surface area contributed by atoms with Gasteiger partial charge in [0.15, 0.2) is 0 Å². The summed E-state index contributed by atoms with van der Waals surface area (Å²) in [5.41, 5.74) is 7.09. The van der Waals surface area contributed by atoms with Gasteiger partial charge in [0.05, 0.1) is 17.3 Å². The molecular formula is C30H35N3O2. The third-order valence-electron chi connectivity index (χ3n) is 6.88. The third-order valence-corrected chi connectivity index (χ3v) is 6.88. The van der Waals surface area contributed by atoms with Crippen molar-refractivity contribution in [3.05, 3.63) is 94.5 Å². The molecule has 1 aliphatic rings. The van der Waals surface area contributed by atoms with Crippen LogP contribution >= 0.6 is 0 Å². The van der Waals surface area contributed by atoms with E-state index >= 15 is 0 Å². The minimum Gasteiger partial charge on any atom is -0.324 e. The maximum Gasteiger partial charge on any atom is 0.324 e. The number of urea groups is 1. The van der Waals surface area contributed by atoms with E-state index in [1.165, 1.54) is 11.1 Å². The number of rotatable bonds is 7. The van der Waals surface area contributed by atoms with E-state index in [9.17, 15) is 9.59 Å². The summed E-state index contributed by atoms with van der Waals surface area (Å²) in [5, 5.41) is 3.15. The van der Waals surface area contributed by atoms with Crippen molar-refractivity contribution in [3.63, 3.8) is 0 Å². The SMILES string of the molecule is CCC(C(=O)Nc1cc(C)ccc1N1CCCN(Cc2ccc(C)c(C)c2)C1=O)c1ccccc1. The van der Waals surface area contributed by atoms with Crippen molar-refractivity contribution >= 4 is 23.3 Å². The Kier molecular flexibility index (Phi) is 7.54. The molecule has 0 aliphatic carbocycles. The molecule has 0 spiro atoms. The molecule has 35 heavy (non-hydrogen) atoms. The molecule has 0 saturated carbocycles. The second-order valence-corrected chi connectivity index (χ2v) is 9.51. The first-order valence-electron chi connectivity index (χ1n) is 12.5. The normalized spacial score (nSPS) is 14.7. The van der Waals surface area contributed by atoms with Gasteiger partial charge in [-0.1, -0.05) is 61.5 Å². The molecule has 0 aromatic heterocycles. The molecule has 1 heterocycles. The zero-order valence-corrected chi connectivity index (χ0v) is 21.2. The minimum atomic E-state index is -0.247. The number of anilines is 2. The van der Waals surface area contributed by atoms with Gasteiger partial charge < -0.3 is 10.2 Å². The molecule has 3 aromatic carbocycles. The lowest BCUT2D eigenvalue weighted by Crippen LogP contribution is -2.49. The van der Waals surface area contributed by atoms with Crippen LogP contribution in [0.15, 0.2) is 66.7 Å². The molecule has 3 aromatic rings. The highest BCUT2D eigenvalue weighted by molar-refractivity contribution is 6.02. The molecule has 1 N–H and O–H groups in total. The third kappa shape index (κ3) is 5.56. The van der Waals surface area contributed by atoms with Gasteiger partial charge in [0.1, 0.15) is 0 Å². The van der Waals surface area contributed by atoms with Gasteiger partial charge in [0.2, 0.25) is 5.91 Å². The van der Waals surface area contributed by atoms with Gasteiger partial charge in [-0.25, -0.2) is 4.79 Å². The van der Waals surface area contributed by atoms with Crippen molar-refractivity contribution in [2.45, 2.75) is 53.0 Å². The molecule has 3 amide bonds. The number of carbonyl (C=O) groups excluding carboxylic acids is 2. The number of amides is 3. The van der Waals surface area contributed by atoms with Gasteiger partial charge in [-0.2, -0.15) is 0 Å². The van der Waals surface area contributed by atoms with Crippen LogP contribution in [0.2, 0.25) is 0 Å². The van der Waals surface area contributed by atoms with Gasteiger partial charge in [-0.3, -0.25) is 9.69 Å². The first-order valence-corrected chi connectivity index (χ1v) is 12.5. The molecule has 182 valence electrons. The van der Waals surface area contributed by atoms with Crippen LogP contribution in [0.1, 0.15) is 53.5 Å². The lowest BCUT2D eigenvalue weighted by atomic mass is 9.95. The van der Waals surface area contributed by atoms with Gasteiger partial charge >= 0.3 is 6.03 Å². The summed E-state index contributed by atoms with van der Waals surface area (Å²) < 4.78 is 0. The predicted molar refractivity (Wildman–Crippen MR) is 143 cm³/mol. The summed E-state index contributed by atoms with van der Waals surface area (Å²) in [6.45, 7) is 10.2. The molecule has 0 radical (unpaired) electrons. The van der Waals surface area contributed by atoms with Crippen molar-refractivity contribution in [3.8, 4) is 0 Å². The van der Waals surface area contributed by atoms with Crippen molar-refractivity contribution in [1.82, 2.24) is 4.90 Å². The average Bonchev–Trinajstić information content (AvgIpc) is 2.84. The Hall–Kier alpha value is -3.60. The number of aryl methyl sites for hydroxylation is 3. The second kappa shape index (κ2) is 10.8. The van der Waals surface area contributed by atoms with Gasteiger partial charge in [-0.15, -0.1) is 0 Å². The van der Waals surface area contributed by atoms with E-state index < -0.39 is 0 Å². The molecule has 1 saturated heterocycles. The molecule has 1 atom stereocenters. The van der Waals surface area contributed by atoms with Crippen LogP contribution in [0.4, 0.5) is 16.2 Å². The van der Waals surface area contributed by atoms with Gasteiger partial charge in [-0.05, 0) is 73.6 Å². The van der Waals surface area contributed by atoms with Crippen LogP contribution in [-0.2, 0) is 11.3 Å². The number of hydrogen-bond donors (Lipinski definition) is 1. The van der Waals surface area contributed by atoms with Crippen LogP contribution in [0.25, 0.3) is 0 Å². The zero-order chi connectivity index (χ0) is 24.9. The van der Waals surface area contributed by atoms with Gasteiger partial charge in [0.25, 0.3) is 0 Å². The van der Waals surface area contributed by atoms with E-state index in [0.717, 1.165) is 35.3 Å². The number of carbonyl (C=O) groups is 2. The van der Waals surface area contributed by atoms with E-state index in [-0.39, 0.29) is 17.9 Å². The largest absolute Gasteiger partial charge is 0.324 e. The van der Waals surface area contributed by atoms with E-state index in [4.69, 9.17) is 0 Å². The maximum absolute atomic E-state index is 13.6. The van der Waals surface area contributed by atoms with Crippen LogP contribution in [0.5, 0.6) is 0 Å². The average molecular weight is 470 g/mol. The van der Waals surface area contributed by atoms with Crippen LogP contribution in [-0.4, -0.2) is 29.9 Å². The Morgan fingerprint density at radius 2 is 1.71 bits per heavy atom. The van der Waals surface area contributed by atoms with Crippen molar-refractivity contribution in [2.75, 3.05) is 23.3 Å². The Bertz CT molecular complexity index is 1210. The zero-order valence-electron chi connectivity index (χ0n) is 21.2. The van der Waals surface area contributed by atoms with Crippen LogP contribution < -0.4 is 10.2 Å². The van der Waals surface area contributed by atoms with E-state index in [2.05, 4.69) is 37.4 Å². The molecule has 5 nitrogen and oxygen atoms in total. The minimum absolute atomic E-state index is 0.0241. The molecule has 1 unspecified atom stereocenters. The highest BCUT2D eigenvalue weighted by atomic mass is 16.2. The first-order chi connectivity index (χ1) is 16.9. The summed E-state index contributed by atoms with van der Waals surface area (Å²) in [4.78, 5) is 30.6. The van der Waals surface area contributed by atoms with E-state index in [1.54, 1.807) is 0 Å². The van der Waals surface area contributed by atoms with Gasteiger partial charge in [0, 0.05) is 19.6 Å². The van der Waals surface area contributed by atoms with E-state index in [1.807, 2.05) is 72.2 Å². The number of benzene rings is 3. The highest BCUT2D eigenvalue weighted by Gasteiger charge is 2.29. The van der Waals surface area contributed by atoms with E-state index in [0.29, 0.717) is 25.2 Å². The Labute approximate surface area is 208 Å².